The van der Waals surface area contributed by atoms with Gasteiger partial charge < -0.3 is 10.7 Å². The van der Waals surface area contributed by atoms with Crippen LogP contribution < -0.4 is 5.73 Å². The Hall–Kier alpha value is -1.42. The van der Waals surface area contributed by atoms with Crippen molar-refractivity contribution in [3.63, 3.8) is 0 Å². The van der Waals surface area contributed by atoms with E-state index in [-0.39, 0.29) is 0 Å². The first-order valence-electron chi connectivity index (χ1n) is 5.79. The topological polar surface area (TPSA) is 41.8 Å². The van der Waals surface area contributed by atoms with Crippen LogP contribution in [0.5, 0.6) is 0 Å². The van der Waals surface area contributed by atoms with E-state index >= 15 is 0 Å². The van der Waals surface area contributed by atoms with E-state index in [2.05, 4.69) is 4.98 Å². The highest BCUT2D eigenvalue weighted by atomic mass is 19.1. The molecular weight excluding hydrogens is 222 g/mol. The van der Waals surface area contributed by atoms with Crippen LogP contribution >= 0.6 is 0 Å². The van der Waals surface area contributed by atoms with Gasteiger partial charge in [0.15, 0.2) is 0 Å². The summed E-state index contributed by atoms with van der Waals surface area (Å²) in [6.45, 7) is 6.30. The minimum Gasteiger partial charge on any atom is -0.356 e. The third-order valence-electron chi connectivity index (χ3n) is 2.54. The fraction of sp³-hybridized carbons (Fsp3) is 0.385. The summed E-state index contributed by atoms with van der Waals surface area (Å²) in [6.07, 6.45) is 0.620. The molecule has 94 valence electrons. The number of nitrogens with two attached hydrogens (primary N) is 1. The van der Waals surface area contributed by atoms with Crippen molar-refractivity contribution in [2.45, 2.75) is 27.2 Å². The second kappa shape index (κ2) is 5.77. The number of hydrogen-bond donors (Lipinski definition) is 2. The molecule has 17 heavy (non-hydrogen) atoms. The van der Waals surface area contributed by atoms with Crippen LogP contribution in [0.25, 0.3) is 10.9 Å². The van der Waals surface area contributed by atoms with Crippen LogP contribution in [0.4, 0.5) is 8.78 Å². The van der Waals surface area contributed by atoms with Gasteiger partial charge in [0.25, 0.3) is 0 Å². The first kappa shape index (κ1) is 13.6. The Morgan fingerprint density at radius 2 is 1.88 bits per heavy atom. The predicted molar refractivity (Wildman–Crippen MR) is 67.1 cm³/mol. The van der Waals surface area contributed by atoms with Gasteiger partial charge in [0.1, 0.15) is 11.6 Å². The van der Waals surface area contributed by atoms with Crippen LogP contribution in [-0.2, 0) is 6.42 Å². The highest BCUT2D eigenvalue weighted by molar-refractivity contribution is 5.85. The van der Waals surface area contributed by atoms with Crippen molar-refractivity contribution >= 4 is 10.9 Å². The van der Waals surface area contributed by atoms with Crippen molar-refractivity contribution in [2.24, 2.45) is 5.73 Å². The van der Waals surface area contributed by atoms with Crippen LogP contribution in [-0.4, -0.2) is 11.5 Å². The highest BCUT2D eigenvalue weighted by Crippen LogP contribution is 2.25. The molecule has 0 aliphatic heterocycles. The summed E-state index contributed by atoms with van der Waals surface area (Å²) in [5.74, 6) is -1.12. The van der Waals surface area contributed by atoms with Gasteiger partial charge in [-0.05, 0) is 31.5 Å². The molecule has 0 aliphatic rings. The molecule has 0 bridgehead atoms. The first-order chi connectivity index (χ1) is 8.13. The molecule has 0 amide bonds. The second-order valence-electron chi connectivity index (χ2n) is 3.58. The third-order valence-corrected chi connectivity index (χ3v) is 2.54. The normalized spacial score (nSPS) is 10.2. The SMILES string of the molecule is CC.Cc1[nH]c2c(F)cc(F)cc2c1CCN. The van der Waals surface area contributed by atoms with E-state index in [4.69, 9.17) is 5.73 Å². The third kappa shape index (κ3) is 2.64. The fourth-order valence-electron chi connectivity index (χ4n) is 1.87. The zero-order valence-corrected chi connectivity index (χ0v) is 10.4. The van der Waals surface area contributed by atoms with Crippen LogP contribution in [0.1, 0.15) is 25.1 Å². The Kier molecular flexibility index (Phi) is 4.63. The van der Waals surface area contributed by atoms with Crippen LogP contribution in [0.15, 0.2) is 12.1 Å². The van der Waals surface area contributed by atoms with Gasteiger partial charge in [-0.25, -0.2) is 8.78 Å². The molecule has 0 spiro atoms. The molecule has 1 heterocycles. The van der Waals surface area contributed by atoms with Gasteiger partial charge >= 0.3 is 0 Å². The fourth-order valence-corrected chi connectivity index (χ4v) is 1.87. The first-order valence-corrected chi connectivity index (χ1v) is 5.79. The molecule has 2 nitrogen and oxygen atoms in total. The number of aromatic nitrogens is 1. The summed E-state index contributed by atoms with van der Waals surface area (Å²) in [5.41, 5.74) is 7.55. The molecule has 0 saturated heterocycles. The summed E-state index contributed by atoms with van der Waals surface area (Å²) in [4.78, 5) is 2.91. The molecule has 0 saturated carbocycles. The van der Waals surface area contributed by atoms with Crippen molar-refractivity contribution in [2.75, 3.05) is 6.54 Å². The van der Waals surface area contributed by atoms with E-state index in [1.807, 2.05) is 20.8 Å². The second-order valence-corrected chi connectivity index (χ2v) is 3.58. The smallest absolute Gasteiger partial charge is 0.150 e. The van der Waals surface area contributed by atoms with Gasteiger partial charge in [-0.1, -0.05) is 13.8 Å². The van der Waals surface area contributed by atoms with Crippen molar-refractivity contribution in [1.29, 1.82) is 0 Å². The number of aryl methyl sites for hydroxylation is 1. The van der Waals surface area contributed by atoms with Crippen molar-refractivity contribution in [3.05, 3.63) is 35.0 Å². The summed E-state index contributed by atoms with van der Waals surface area (Å²) in [6, 6.07) is 2.22. The maximum Gasteiger partial charge on any atom is 0.150 e. The molecule has 4 heteroatoms. The quantitative estimate of drug-likeness (QED) is 0.831. The lowest BCUT2D eigenvalue weighted by Gasteiger charge is -1.98. The number of hydrogen-bond acceptors (Lipinski definition) is 1. The van der Waals surface area contributed by atoms with Gasteiger partial charge in [-0.2, -0.15) is 0 Å². The van der Waals surface area contributed by atoms with Crippen molar-refractivity contribution < 1.29 is 8.78 Å². The molecule has 0 aliphatic carbocycles. The number of halogens is 2. The number of fused-ring (bicyclic) bond motifs is 1. The maximum absolute atomic E-state index is 13.4. The van der Waals surface area contributed by atoms with Gasteiger partial charge in [0.2, 0.25) is 0 Å². The number of aromatic amines is 1. The number of rotatable bonds is 2. The van der Waals surface area contributed by atoms with Gasteiger partial charge in [-0.15, -0.1) is 0 Å². The summed E-state index contributed by atoms with van der Waals surface area (Å²) >= 11 is 0. The van der Waals surface area contributed by atoms with Gasteiger partial charge in [-0.3, -0.25) is 0 Å². The average Bonchev–Trinajstić information content (AvgIpc) is 2.61. The summed E-state index contributed by atoms with van der Waals surface area (Å²) < 4.78 is 26.4. The number of H-pyrrole nitrogens is 1. The molecule has 0 radical (unpaired) electrons. The van der Waals surface area contributed by atoms with E-state index in [0.29, 0.717) is 23.9 Å². The average molecular weight is 240 g/mol. The van der Waals surface area contributed by atoms with Crippen LogP contribution in [0, 0.1) is 18.6 Å². The monoisotopic (exact) mass is 240 g/mol. The lowest BCUT2D eigenvalue weighted by Crippen LogP contribution is -2.03. The Balaban J connectivity index is 0.000000686. The molecule has 2 aromatic rings. The molecule has 0 unspecified atom stereocenters. The van der Waals surface area contributed by atoms with Crippen LogP contribution in [0.3, 0.4) is 0 Å². The molecule has 0 atom stereocenters. The molecule has 2 rings (SSSR count). The highest BCUT2D eigenvalue weighted by Gasteiger charge is 2.12. The predicted octanol–water partition coefficient (Wildman–Crippen LogP) is 3.28. The Bertz CT molecular complexity index is 504. The number of nitrogens with one attached hydrogen (secondary N) is 1. The maximum atomic E-state index is 13.4. The van der Waals surface area contributed by atoms with E-state index in [9.17, 15) is 8.78 Å². The number of benzene rings is 1. The minimum absolute atomic E-state index is 0.359. The van der Waals surface area contributed by atoms with Gasteiger partial charge in [0, 0.05) is 17.1 Å². The van der Waals surface area contributed by atoms with E-state index < -0.39 is 11.6 Å². The summed E-state index contributed by atoms with van der Waals surface area (Å²) in [7, 11) is 0. The molecule has 1 aromatic heterocycles. The minimum atomic E-state index is -0.559. The Morgan fingerprint density at radius 3 is 2.47 bits per heavy atom. The van der Waals surface area contributed by atoms with E-state index in [1.54, 1.807) is 0 Å². The molecular formula is C13H18F2N2. The molecule has 1 aromatic carbocycles. The lowest BCUT2D eigenvalue weighted by molar-refractivity contribution is 0.591. The zero-order valence-electron chi connectivity index (χ0n) is 10.4. The molecule has 0 fully saturated rings. The lowest BCUT2D eigenvalue weighted by atomic mass is 10.1. The Labute approximate surface area is 99.8 Å². The Morgan fingerprint density at radius 1 is 1.24 bits per heavy atom. The van der Waals surface area contributed by atoms with E-state index in [0.717, 1.165) is 17.3 Å². The van der Waals surface area contributed by atoms with Crippen molar-refractivity contribution in [1.82, 2.24) is 4.98 Å². The molecule has 3 N–H and O–H groups in total. The largest absolute Gasteiger partial charge is 0.356 e. The van der Waals surface area contributed by atoms with E-state index in [1.165, 1.54) is 6.07 Å². The standard InChI is InChI=1S/C11H12F2N2.C2H6/c1-6-8(2-3-14)9-4-7(12)5-10(13)11(9)15-6;1-2/h4-5,15H,2-3,14H2,1H3;1-2H3. The summed E-state index contributed by atoms with van der Waals surface area (Å²) in [5, 5.41) is 0.593. The van der Waals surface area contributed by atoms with Crippen molar-refractivity contribution in [3.8, 4) is 0 Å². The van der Waals surface area contributed by atoms with Crippen LogP contribution in [0.2, 0.25) is 0 Å². The van der Waals surface area contributed by atoms with Gasteiger partial charge in [0.05, 0.1) is 5.52 Å². The zero-order chi connectivity index (χ0) is 13.0.